The molecule has 0 saturated carbocycles. The number of nitriles is 1. The maximum atomic E-state index is 13.5. The van der Waals surface area contributed by atoms with Gasteiger partial charge in [0.2, 0.25) is 0 Å². The van der Waals surface area contributed by atoms with Gasteiger partial charge in [0.1, 0.15) is 11.9 Å². The number of aromatic nitrogens is 5. The van der Waals surface area contributed by atoms with Crippen molar-refractivity contribution >= 4 is 28.6 Å². The molecule has 0 aliphatic carbocycles. The number of carbonyl (C=O) groups excluding carboxylic acids is 1. The van der Waals surface area contributed by atoms with Gasteiger partial charge >= 0.3 is 0 Å². The fourth-order valence-electron chi connectivity index (χ4n) is 3.72. The molecule has 2 aromatic carbocycles. The Bertz CT molecular complexity index is 1690. The molecule has 3 heterocycles. The van der Waals surface area contributed by atoms with Gasteiger partial charge in [-0.25, -0.2) is 23.7 Å². The molecular formula is C26H19F2N9O. The molecule has 10 nitrogen and oxygen atoms in total. The Kier molecular flexibility index (Phi) is 6.56. The molecule has 0 aliphatic heterocycles. The molecule has 188 valence electrons. The van der Waals surface area contributed by atoms with E-state index in [0.717, 1.165) is 34.2 Å². The number of nitrogens with one attached hydrogen (secondary N) is 3. The number of H-pyrrole nitrogens is 1. The van der Waals surface area contributed by atoms with Gasteiger partial charge in [-0.3, -0.25) is 9.89 Å². The van der Waals surface area contributed by atoms with Crippen molar-refractivity contribution in [1.82, 2.24) is 30.5 Å². The number of pyridine rings is 1. The van der Waals surface area contributed by atoms with Crippen LogP contribution in [0.2, 0.25) is 0 Å². The Morgan fingerprint density at radius 3 is 2.53 bits per heavy atom. The summed E-state index contributed by atoms with van der Waals surface area (Å²) in [6.07, 6.45) is 2.97. The number of aromatic amines is 1. The summed E-state index contributed by atoms with van der Waals surface area (Å²) in [6, 6.07) is 14.8. The molecule has 0 radical (unpaired) electrons. The number of amides is 1. The van der Waals surface area contributed by atoms with Gasteiger partial charge in [0.25, 0.3) is 5.91 Å². The second-order valence-electron chi connectivity index (χ2n) is 8.28. The van der Waals surface area contributed by atoms with Crippen molar-refractivity contribution in [3.05, 3.63) is 95.1 Å². The van der Waals surface area contributed by atoms with Crippen molar-refractivity contribution in [2.24, 2.45) is 0 Å². The first-order valence-corrected chi connectivity index (χ1v) is 11.3. The number of halogens is 2. The van der Waals surface area contributed by atoms with Crippen molar-refractivity contribution in [3.63, 3.8) is 0 Å². The summed E-state index contributed by atoms with van der Waals surface area (Å²) in [5.41, 5.74) is 9.37. The lowest BCUT2D eigenvalue weighted by molar-refractivity contribution is 0.0946. The third kappa shape index (κ3) is 5.07. The monoisotopic (exact) mass is 511 g/mol. The van der Waals surface area contributed by atoms with Crippen LogP contribution in [0, 0.1) is 23.0 Å². The van der Waals surface area contributed by atoms with Gasteiger partial charge in [-0.1, -0.05) is 30.3 Å². The van der Waals surface area contributed by atoms with Crippen LogP contribution < -0.4 is 16.4 Å². The zero-order chi connectivity index (χ0) is 26.6. The first-order valence-electron chi connectivity index (χ1n) is 11.3. The first-order chi connectivity index (χ1) is 18.4. The maximum absolute atomic E-state index is 13.5. The van der Waals surface area contributed by atoms with E-state index in [-0.39, 0.29) is 23.8 Å². The molecule has 1 amide bonds. The Morgan fingerprint density at radius 1 is 0.974 bits per heavy atom. The normalized spacial score (nSPS) is 10.8. The molecule has 0 bridgehead atoms. The summed E-state index contributed by atoms with van der Waals surface area (Å²) in [5, 5.41) is 22.3. The number of nitrogen functional groups attached to an aromatic ring is 1. The molecule has 5 rings (SSSR count). The van der Waals surface area contributed by atoms with Gasteiger partial charge in [0, 0.05) is 24.8 Å². The van der Waals surface area contributed by atoms with E-state index in [1.807, 2.05) is 36.4 Å². The van der Waals surface area contributed by atoms with Gasteiger partial charge in [-0.2, -0.15) is 10.4 Å². The number of anilines is 2. The number of nitrogens with zero attached hydrogens (tertiary/aromatic N) is 5. The summed E-state index contributed by atoms with van der Waals surface area (Å²) < 4.78 is 26.6. The second kappa shape index (κ2) is 10.3. The fourth-order valence-corrected chi connectivity index (χ4v) is 3.72. The Balaban J connectivity index is 1.29. The number of carbonyl (C=O) groups is 1. The molecule has 12 heteroatoms. The highest BCUT2D eigenvalue weighted by Gasteiger charge is 2.16. The highest BCUT2D eigenvalue weighted by atomic mass is 19.2. The number of hydrogen-bond donors (Lipinski definition) is 4. The summed E-state index contributed by atoms with van der Waals surface area (Å²) in [4.78, 5) is 25.4. The molecule has 5 N–H and O–H groups in total. The smallest absolute Gasteiger partial charge is 0.274 e. The standard InChI is InChI=1S/C26H19F2N9O/c27-20-6-3-15(7-21(20)28)11-34-26(38)22-25(33-13-18(9-29)35-22)31-10-14-1-4-16(5-2-14)17-8-19-23(30)36-37-24(19)32-12-17/h1-8,12-13H,10-11H2,(H,31,33)(H,34,38)(H3,30,32,36,37). The van der Waals surface area contributed by atoms with E-state index in [4.69, 9.17) is 5.73 Å². The fraction of sp³-hybridized carbons (Fsp3) is 0.0769. The van der Waals surface area contributed by atoms with Crippen LogP contribution in [0.4, 0.5) is 20.4 Å². The van der Waals surface area contributed by atoms with Crippen LogP contribution in [-0.4, -0.2) is 31.1 Å². The van der Waals surface area contributed by atoms with E-state index in [1.54, 1.807) is 6.20 Å². The zero-order valence-corrected chi connectivity index (χ0v) is 19.7. The number of benzene rings is 2. The number of fused-ring (bicyclic) bond motifs is 1. The predicted octanol–water partition coefficient (Wildman–Crippen LogP) is 3.69. The van der Waals surface area contributed by atoms with Crippen LogP contribution in [0.25, 0.3) is 22.2 Å². The molecule has 0 unspecified atom stereocenters. The Hall–Kier alpha value is -5.44. The third-order valence-corrected chi connectivity index (χ3v) is 5.73. The van der Waals surface area contributed by atoms with Crippen molar-refractivity contribution in [3.8, 4) is 17.2 Å². The van der Waals surface area contributed by atoms with Crippen molar-refractivity contribution in [1.29, 1.82) is 5.26 Å². The minimum atomic E-state index is -1.01. The van der Waals surface area contributed by atoms with Crippen LogP contribution >= 0.6 is 0 Å². The quantitative estimate of drug-likeness (QED) is 0.258. The van der Waals surface area contributed by atoms with Crippen LogP contribution in [-0.2, 0) is 13.1 Å². The summed E-state index contributed by atoms with van der Waals surface area (Å²) in [5.74, 6) is -2.01. The number of rotatable bonds is 7. The lowest BCUT2D eigenvalue weighted by Gasteiger charge is -2.12. The Morgan fingerprint density at radius 2 is 1.76 bits per heavy atom. The Labute approximate surface area is 214 Å². The highest BCUT2D eigenvalue weighted by molar-refractivity contribution is 5.96. The molecular weight excluding hydrogens is 492 g/mol. The number of hydrogen-bond acceptors (Lipinski definition) is 8. The molecule has 0 atom stereocenters. The highest BCUT2D eigenvalue weighted by Crippen LogP contribution is 2.25. The van der Waals surface area contributed by atoms with Gasteiger partial charge in [-0.15, -0.1) is 0 Å². The van der Waals surface area contributed by atoms with E-state index in [9.17, 15) is 18.8 Å². The molecule has 0 fully saturated rings. The molecule has 0 spiro atoms. The van der Waals surface area contributed by atoms with Crippen LogP contribution in [0.5, 0.6) is 0 Å². The summed E-state index contributed by atoms with van der Waals surface area (Å²) in [6.45, 7) is 0.247. The lowest BCUT2D eigenvalue weighted by atomic mass is 10.0. The van der Waals surface area contributed by atoms with Crippen molar-refractivity contribution < 1.29 is 13.6 Å². The molecule has 0 aliphatic rings. The average molecular weight is 511 g/mol. The molecule has 0 saturated heterocycles. The average Bonchev–Trinajstić information content (AvgIpc) is 3.32. The van der Waals surface area contributed by atoms with Crippen molar-refractivity contribution in [2.45, 2.75) is 13.1 Å². The zero-order valence-electron chi connectivity index (χ0n) is 19.7. The lowest BCUT2D eigenvalue weighted by Crippen LogP contribution is -2.26. The SMILES string of the molecule is N#Cc1cnc(NCc2ccc(-c3cnc4n[nH]c(N)c4c3)cc2)c(C(=O)NCc2ccc(F)c(F)c2)n1. The van der Waals surface area contributed by atoms with E-state index in [0.29, 0.717) is 23.6 Å². The minimum absolute atomic E-state index is 0.0401. The van der Waals surface area contributed by atoms with Gasteiger partial charge < -0.3 is 16.4 Å². The molecule has 3 aromatic heterocycles. The van der Waals surface area contributed by atoms with E-state index in [1.165, 1.54) is 12.3 Å². The molecule has 5 aromatic rings. The van der Waals surface area contributed by atoms with Crippen LogP contribution in [0.3, 0.4) is 0 Å². The topological polar surface area (TPSA) is 158 Å². The maximum Gasteiger partial charge on any atom is 0.274 e. The third-order valence-electron chi connectivity index (χ3n) is 5.73. The molecule has 38 heavy (non-hydrogen) atoms. The summed E-state index contributed by atoms with van der Waals surface area (Å²) in [7, 11) is 0. The van der Waals surface area contributed by atoms with Gasteiger partial charge in [-0.05, 0) is 34.9 Å². The van der Waals surface area contributed by atoms with E-state index >= 15 is 0 Å². The second-order valence-corrected chi connectivity index (χ2v) is 8.28. The largest absolute Gasteiger partial charge is 0.384 e. The minimum Gasteiger partial charge on any atom is -0.384 e. The van der Waals surface area contributed by atoms with Crippen LogP contribution in [0.15, 0.2) is 60.9 Å². The van der Waals surface area contributed by atoms with Crippen LogP contribution in [0.1, 0.15) is 27.3 Å². The van der Waals surface area contributed by atoms with Gasteiger partial charge in [0.05, 0.1) is 11.6 Å². The summed E-state index contributed by atoms with van der Waals surface area (Å²) >= 11 is 0. The van der Waals surface area contributed by atoms with Gasteiger partial charge in [0.15, 0.2) is 34.5 Å². The predicted molar refractivity (Wildman–Crippen MR) is 135 cm³/mol. The van der Waals surface area contributed by atoms with E-state index in [2.05, 4.69) is 35.8 Å². The van der Waals surface area contributed by atoms with Crippen molar-refractivity contribution in [2.75, 3.05) is 11.1 Å². The number of nitrogens with two attached hydrogens (primary N) is 1. The van der Waals surface area contributed by atoms with E-state index < -0.39 is 17.5 Å². The first kappa shape index (κ1) is 24.3.